The summed E-state index contributed by atoms with van der Waals surface area (Å²) in [5.41, 5.74) is 0. The highest BCUT2D eigenvalue weighted by molar-refractivity contribution is 5.71. The number of likely N-dealkylation sites (tertiary alicyclic amines) is 1. The van der Waals surface area contributed by atoms with Crippen molar-refractivity contribution in [1.82, 2.24) is 4.90 Å². The molecule has 2 aliphatic heterocycles. The Morgan fingerprint density at radius 3 is 2.75 bits per heavy atom. The summed E-state index contributed by atoms with van der Waals surface area (Å²) in [6.07, 6.45) is 1.11. The number of carboxylic acid groups (broad SMARTS) is 1. The smallest absolute Gasteiger partial charge is 0.308 e. The van der Waals surface area contributed by atoms with Crippen LogP contribution in [0.1, 0.15) is 20.3 Å². The second-order valence-electron chi connectivity index (χ2n) is 5.24. The summed E-state index contributed by atoms with van der Waals surface area (Å²) < 4.78 is 5.40. The first-order valence-electron chi connectivity index (χ1n) is 6.14. The second-order valence-corrected chi connectivity index (χ2v) is 5.24. The van der Waals surface area contributed by atoms with Crippen LogP contribution in [0.25, 0.3) is 0 Å². The van der Waals surface area contributed by atoms with Crippen LogP contribution in [0.15, 0.2) is 0 Å². The minimum atomic E-state index is -0.648. The SMILES string of the molecule is CC(C1CCOC1)N1C[C@@H](C)[C@H](C(=O)O)C1. The molecule has 0 saturated carbocycles. The number of nitrogens with zero attached hydrogens (tertiary/aromatic N) is 1. The molecule has 4 atom stereocenters. The molecule has 2 rings (SSSR count). The van der Waals surface area contributed by atoms with E-state index in [0.29, 0.717) is 18.5 Å². The molecule has 16 heavy (non-hydrogen) atoms. The summed E-state index contributed by atoms with van der Waals surface area (Å²) >= 11 is 0. The van der Waals surface area contributed by atoms with E-state index in [4.69, 9.17) is 9.84 Å². The zero-order chi connectivity index (χ0) is 11.7. The van der Waals surface area contributed by atoms with E-state index < -0.39 is 5.97 Å². The Morgan fingerprint density at radius 1 is 1.50 bits per heavy atom. The highest BCUT2D eigenvalue weighted by Gasteiger charge is 2.38. The topological polar surface area (TPSA) is 49.8 Å². The van der Waals surface area contributed by atoms with E-state index in [9.17, 15) is 4.79 Å². The van der Waals surface area contributed by atoms with Crippen molar-refractivity contribution in [3.63, 3.8) is 0 Å². The Balaban J connectivity index is 1.93. The molecule has 0 bridgehead atoms. The van der Waals surface area contributed by atoms with Crippen LogP contribution in [0.3, 0.4) is 0 Å². The lowest BCUT2D eigenvalue weighted by Gasteiger charge is -2.28. The molecule has 0 aromatic carbocycles. The molecule has 1 N–H and O–H groups in total. The molecule has 2 unspecified atom stereocenters. The molecule has 4 heteroatoms. The molecule has 2 aliphatic rings. The van der Waals surface area contributed by atoms with Gasteiger partial charge in [0.05, 0.1) is 12.5 Å². The van der Waals surface area contributed by atoms with Crippen molar-refractivity contribution in [3.8, 4) is 0 Å². The van der Waals surface area contributed by atoms with E-state index in [1.54, 1.807) is 0 Å². The first-order chi connectivity index (χ1) is 7.59. The highest BCUT2D eigenvalue weighted by Crippen LogP contribution is 2.29. The lowest BCUT2D eigenvalue weighted by molar-refractivity contribution is -0.142. The molecule has 0 amide bonds. The van der Waals surface area contributed by atoms with Crippen LogP contribution < -0.4 is 0 Å². The van der Waals surface area contributed by atoms with E-state index in [2.05, 4.69) is 11.8 Å². The minimum Gasteiger partial charge on any atom is -0.481 e. The van der Waals surface area contributed by atoms with Gasteiger partial charge in [-0.3, -0.25) is 9.69 Å². The fourth-order valence-electron chi connectivity index (χ4n) is 2.89. The van der Waals surface area contributed by atoms with Gasteiger partial charge in [0.25, 0.3) is 0 Å². The van der Waals surface area contributed by atoms with E-state index in [1.807, 2.05) is 6.92 Å². The fraction of sp³-hybridized carbons (Fsp3) is 0.917. The molecule has 0 radical (unpaired) electrons. The first-order valence-corrected chi connectivity index (χ1v) is 6.14. The van der Waals surface area contributed by atoms with Crippen molar-refractivity contribution in [2.24, 2.45) is 17.8 Å². The molecule has 92 valence electrons. The Morgan fingerprint density at radius 2 is 2.25 bits per heavy atom. The van der Waals surface area contributed by atoms with Gasteiger partial charge in [0.15, 0.2) is 0 Å². The standard InChI is InChI=1S/C12H21NO3/c1-8-5-13(6-11(8)12(14)15)9(2)10-3-4-16-7-10/h8-11H,3-7H2,1-2H3,(H,14,15)/t8-,9?,10?,11-/m1/s1. The van der Waals surface area contributed by atoms with Crippen LogP contribution >= 0.6 is 0 Å². The van der Waals surface area contributed by atoms with Crippen molar-refractivity contribution in [2.45, 2.75) is 26.3 Å². The van der Waals surface area contributed by atoms with E-state index in [0.717, 1.165) is 26.2 Å². The minimum absolute atomic E-state index is 0.190. The van der Waals surface area contributed by atoms with Gasteiger partial charge in [0, 0.05) is 25.7 Å². The summed E-state index contributed by atoms with van der Waals surface area (Å²) in [6, 6.07) is 0.453. The Kier molecular flexibility index (Phi) is 3.50. The second kappa shape index (κ2) is 4.72. The predicted molar refractivity (Wildman–Crippen MR) is 60.3 cm³/mol. The Labute approximate surface area is 96.6 Å². The monoisotopic (exact) mass is 227 g/mol. The molecule has 2 heterocycles. The van der Waals surface area contributed by atoms with Crippen molar-refractivity contribution >= 4 is 5.97 Å². The third-order valence-electron chi connectivity index (χ3n) is 4.18. The van der Waals surface area contributed by atoms with Gasteiger partial charge in [0.2, 0.25) is 0 Å². The van der Waals surface area contributed by atoms with Gasteiger partial charge in [-0.15, -0.1) is 0 Å². The third-order valence-corrected chi connectivity index (χ3v) is 4.18. The summed E-state index contributed by atoms with van der Waals surface area (Å²) in [5.74, 6) is 0.0108. The van der Waals surface area contributed by atoms with Gasteiger partial charge >= 0.3 is 5.97 Å². The molecular weight excluding hydrogens is 206 g/mol. The van der Waals surface area contributed by atoms with Crippen molar-refractivity contribution in [3.05, 3.63) is 0 Å². The number of aliphatic carboxylic acids is 1. The zero-order valence-corrected chi connectivity index (χ0v) is 10.1. The van der Waals surface area contributed by atoms with Crippen LogP contribution in [0.4, 0.5) is 0 Å². The van der Waals surface area contributed by atoms with Gasteiger partial charge < -0.3 is 9.84 Å². The maximum absolute atomic E-state index is 11.1. The Bertz CT molecular complexity index is 263. The largest absolute Gasteiger partial charge is 0.481 e. The number of carbonyl (C=O) groups is 1. The summed E-state index contributed by atoms with van der Waals surface area (Å²) in [6.45, 7) is 7.56. The normalized spacial score (nSPS) is 37.8. The number of carboxylic acids is 1. The molecule has 4 nitrogen and oxygen atoms in total. The summed E-state index contributed by atoms with van der Waals surface area (Å²) in [5, 5.41) is 9.10. The number of hydrogen-bond donors (Lipinski definition) is 1. The molecule has 2 fully saturated rings. The maximum Gasteiger partial charge on any atom is 0.308 e. The number of ether oxygens (including phenoxy) is 1. The van der Waals surface area contributed by atoms with Crippen molar-refractivity contribution in [1.29, 1.82) is 0 Å². The average molecular weight is 227 g/mol. The summed E-state index contributed by atoms with van der Waals surface area (Å²) in [4.78, 5) is 13.4. The lowest BCUT2D eigenvalue weighted by Crippen LogP contribution is -2.37. The van der Waals surface area contributed by atoms with E-state index >= 15 is 0 Å². The summed E-state index contributed by atoms with van der Waals surface area (Å²) in [7, 11) is 0. The van der Waals surface area contributed by atoms with Crippen molar-refractivity contribution < 1.29 is 14.6 Å². The molecular formula is C12H21NO3. The van der Waals surface area contributed by atoms with Gasteiger partial charge in [-0.05, 0) is 25.2 Å². The molecule has 0 aromatic rings. The molecule has 0 aromatic heterocycles. The fourth-order valence-corrected chi connectivity index (χ4v) is 2.89. The maximum atomic E-state index is 11.1. The van der Waals surface area contributed by atoms with E-state index in [1.165, 1.54) is 0 Å². The molecule has 0 spiro atoms. The van der Waals surface area contributed by atoms with Crippen molar-refractivity contribution in [2.75, 3.05) is 26.3 Å². The first kappa shape index (κ1) is 11.9. The predicted octanol–water partition coefficient (Wildman–Crippen LogP) is 1.06. The van der Waals surface area contributed by atoms with Gasteiger partial charge in [-0.1, -0.05) is 6.92 Å². The number of rotatable bonds is 3. The third kappa shape index (κ3) is 2.23. The highest BCUT2D eigenvalue weighted by atomic mass is 16.5. The van der Waals surface area contributed by atoms with Crippen LogP contribution in [0.2, 0.25) is 0 Å². The molecule has 0 aliphatic carbocycles. The van der Waals surface area contributed by atoms with Gasteiger partial charge in [-0.2, -0.15) is 0 Å². The quantitative estimate of drug-likeness (QED) is 0.783. The Hall–Kier alpha value is -0.610. The van der Waals surface area contributed by atoms with Crippen LogP contribution in [-0.2, 0) is 9.53 Å². The zero-order valence-electron chi connectivity index (χ0n) is 10.1. The van der Waals surface area contributed by atoms with Crippen LogP contribution in [0.5, 0.6) is 0 Å². The molecule has 2 saturated heterocycles. The van der Waals surface area contributed by atoms with Gasteiger partial charge in [-0.25, -0.2) is 0 Å². The van der Waals surface area contributed by atoms with Crippen LogP contribution in [0, 0.1) is 17.8 Å². The lowest BCUT2D eigenvalue weighted by atomic mass is 9.99. The van der Waals surface area contributed by atoms with Crippen LogP contribution in [-0.4, -0.2) is 48.3 Å². The van der Waals surface area contributed by atoms with E-state index in [-0.39, 0.29) is 11.8 Å². The number of hydrogen-bond acceptors (Lipinski definition) is 3. The van der Waals surface area contributed by atoms with Gasteiger partial charge in [0.1, 0.15) is 0 Å². The average Bonchev–Trinajstić information content (AvgIpc) is 2.84.